The smallest absolute Gasteiger partial charge is 0.265 e. The molecule has 8 heteroatoms. The van der Waals surface area contributed by atoms with Crippen LogP contribution in [0.1, 0.15) is 21.1 Å². The highest BCUT2D eigenvalue weighted by atomic mass is 32.1. The molecule has 0 spiro atoms. The highest BCUT2D eigenvalue weighted by molar-refractivity contribution is 7.07. The Morgan fingerprint density at radius 3 is 2.89 bits per heavy atom. The number of nitrogens with one attached hydrogen (secondary N) is 1. The van der Waals surface area contributed by atoms with Gasteiger partial charge in [-0.3, -0.25) is 14.2 Å². The van der Waals surface area contributed by atoms with Crippen LogP contribution >= 0.6 is 11.5 Å². The van der Waals surface area contributed by atoms with Gasteiger partial charge >= 0.3 is 0 Å². The molecule has 2 rings (SSSR count). The molecule has 1 N–H and O–H groups in total. The minimum absolute atomic E-state index is 0.127. The monoisotopic (exact) mass is 279 g/mol. The first-order chi connectivity index (χ1) is 9.08. The summed E-state index contributed by atoms with van der Waals surface area (Å²) >= 11 is 1.05. The number of aryl methyl sites for hydroxylation is 2. The standard InChI is InChI=1S/C11H13N5O2S/c1-7-5-9(17)16(6-13-7)4-3-12-11(18)10-8(2)14-15-19-10/h5-6H,3-4H2,1-2H3,(H,12,18). The van der Waals surface area contributed by atoms with E-state index in [9.17, 15) is 9.59 Å². The average molecular weight is 279 g/mol. The Balaban J connectivity index is 1.92. The Labute approximate surface area is 113 Å². The fraction of sp³-hybridized carbons (Fsp3) is 0.364. The lowest BCUT2D eigenvalue weighted by molar-refractivity contribution is 0.0955. The van der Waals surface area contributed by atoms with Gasteiger partial charge in [0.15, 0.2) is 0 Å². The van der Waals surface area contributed by atoms with E-state index < -0.39 is 0 Å². The van der Waals surface area contributed by atoms with Gasteiger partial charge in [0.2, 0.25) is 0 Å². The molecule has 0 aromatic carbocycles. The lowest BCUT2D eigenvalue weighted by Gasteiger charge is -2.06. The van der Waals surface area contributed by atoms with Crippen LogP contribution in [0.25, 0.3) is 0 Å². The molecule has 0 aliphatic rings. The van der Waals surface area contributed by atoms with Gasteiger partial charge in [0.1, 0.15) is 4.88 Å². The highest BCUT2D eigenvalue weighted by Crippen LogP contribution is 2.07. The molecule has 0 radical (unpaired) electrons. The zero-order chi connectivity index (χ0) is 13.8. The van der Waals surface area contributed by atoms with E-state index in [1.54, 1.807) is 13.8 Å². The molecule has 0 fully saturated rings. The quantitative estimate of drug-likeness (QED) is 0.860. The maximum absolute atomic E-state index is 11.8. The van der Waals surface area contributed by atoms with Crippen LogP contribution in [0.3, 0.4) is 0 Å². The number of carbonyl (C=O) groups excluding carboxylic acids is 1. The van der Waals surface area contributed by atoms with Crippen LogP contribution < -0.4 is 10.9 Å². The predicted octanol–water partition coefficient (Wildman–Crippen LogP) is 0.142. The van der Waals surface area contributed by atoms with Gasteiger partial charge in [-0.15, -0.1) is 5.10 Å². The maximum atomic E-state index is 11.8. The first-order valence-electron chi connectivity index (χ1n) is 5.68. The van der Waals surface area contributed by atoms with Crippen molar-refractivity contribution in [3.05, 3.63) is 39.0 Å². The van der Waals surface area contributed by atoms with Gasteiger partial charge in [-0.25, -0.2) is 4.98 Å². The van der Waals surface area contributed by atoms with E-state index in [0.717, 1.165) is 11.5 Å². The summed E-state index contributed by atoms with van der Waals surface area (Å²) in [5.74, 6) is -0.222. The van der Waals surface area contributed by atoms with Crippen molar-refractivity contribution in [2.24, 2.45) is 0 Å². The molecule has 19 heavy (non-hydrogen) atoms. The van der Waals surface area contributed by atoms with Crippen LogP contribution in [0.2, 0.25) is 0 Å². The molecule has 0 atom stereocenters. The summed E-state index contributed by atoms with van der Waals surface area (Å²) in [5, 5.41) is 6.49. The van der Waals surface area contributed by atoms with Crippen molar-refractivity contribution in [3.8, 4) is 0 Å². The number of carbonyl (C=O) groups is 1. The lowest BCUT2D eigenvalue weighted by Crippen LogP contribution is -2.30. The SMILES string of the molecule is Cc1cc(=O)n(CCNC(=O)c2snnc2C)cn1. The maximum Gasteiger partial charge on any atom is 0.265 e. The van der Waals surface area contributed by atoms with Crippen LogP contribution in [0.15, 0.2) is 17.2 Å². The van der Waals surface area contributed by atoms with E-state index in [1.807, 2.05) is 0 Å². The van der Waals surface area contributed by atoms with Crippen molar-refractivity contribution < 1.29 is 4.79 Å². The van der Waals surface area contributed by atoms with E-state index >= 15 is 0 Å². The molecule has 2 aromatic rings. The molecular formula is C11H13N5O2S. The first-order valence-corrected chi connectivity index (χ1v) is 6.45. The van der Waals surface area contributed by atoms with E-state index in [2.05, 4.69) is 19.9 Å². The number of amides is 1. The largest absolute Gasteiger partial charge is 0.349 e. The van der Waals surface area contributed by atoms with Crippen LogP contribution in [0.4, 0.5) is 0 Å². The summed E-state index contributed by atoms with van der Waals surface area (Å²) in [6, 6.07) is 1.46. The summed E-state index contributed by atoms with van der Waals surface area (Å²) in [5.41, 5.74) is 1.16. The minimum Gasteiger partial charge on any atom is -0.349 e. The van der Waals surface area contributed by atoms with E-state index in [1.165, 1.54) is 17.0 Å². The zero-order valence-corrected chi connectivity index (χ0v) is 11.4. The van der Waals surface area contributed by atoms with E-state index in [-0.39, 0.29) is 11.5 Å². The van der Waals surface area contributed by atoms with Gasteiger partial charge in [0.25, 0.3) is 11.5 Å². The van der Waals surface area contributed by atoms with Crippen LogP contribution in [-0.4, -0.2) is 31.6 Å². The zero-order valence-electron chi connectivity index (χ0n) is 10.6. The fourth-order valence-electron chi connectivity index (χ4n) is 1.49. The molecule has 1 amide bonds. The van der Waals surface area contributed by atoms with Gasteiger partial charge < -0.3 is 5.32 Å². The van der Waals surface area contributed by atoms with Crippen LogP contribution in [0.5, 0.6) is 0 Å². The number of rotatable bonds is 4. The molecule has 0 unspecified atom stereocenters. The Bertz CT molecular complexity index is 649. The molecule has 2 heterocycles. The van der Waals surface area contributed by atoms with Crippen molar-refractivity contribution >= 4 is 17.4 Å². The first kappa shape index (κ1) is 13.3. The molecule has 0 saturated heterocycles. The third-order valence-electron chi connectivity index (χ3n) is 2.51. The fourth-order valence-corrected chi connectivity index (χ4v) is 2.07. The predicted molar refractivity (Wildman–Crippen MR) is 70.2 cm³/mol. The second kappa shape index (κ2) is 5.70. The van der Waals surface area contributed by atoms with Crippen molar-refractivity contribution in [1.82, 2.24) is 24.5 Å². The molecule has 0 saturated carbocycles. The molecule has 0 aliphatic heterocycles. The third-order valence-corrected chi connectivity index (χ3v) is 3.34. The molecule has 0 bridgehead atoms. The van der Waals surface area contributed by atoms with Crippen molar-refractivity contribution in [2.75, 3.05) is 6.54 Å². The Kier molecular flexibility index (Phi) is 4.00. The number of nitrogens with zero attached hydrogens (tertiary/aromatic N) is 4. The van der Waals surface area contributed by atoms with Gasteiger partial charge in [-0.1, -0.05) is 4.49 Å². The summed E-state index contributed by atoms with van der Waals surface area (Å²) in [6.07, 6.45) is 1.48. The van der Waals surface area contributed by atoms with Gasteiger partial charge in [0, 0.05) is 24.8 Å². The Morgan fingerprint density at radius 1 is 1.47 bits per heavy atom. The highest BCUT2D eigenvalue weighted by Gasteiger charge is 2.12. The average Bonchev–Trinajstić information content (AvgIpc) is 2.78. The topological polar surface area (TPSA) is 89.8 Å². The summed E-state index contributed by atoms with van der Waals surface area (Å²) < 4.78 is 5.15. The van der Waals surface area contributed by atoms with Crippen molar-refractivity contribution in [1.29, 1.82) is 0 Å². The summed E-state index contributed by atoms with van der Waals surface area (Å²) in [6.45, 7) is 4.21. The minimum atomic E-state index is -0.222. The van der Waals surface area contributed by atoms with Crippen LogP contribution in [0, 0.1) is 13.8 Å². The summed E-state index contributed by atoms with van der Waals surface area (Å²) in [7, 11) is 0. The van der Waals surface area contributed by atoms with E-state index in [4.69, 9.17) is 0 Å². The molecule has 0 aliphatic carbocycles. The van der Waals surface area contributed by atoms with Crippen molar-refractivity contribution in [3.63, 3.8) is 0 Å². The lowest BCUT2D eigenvalue weighted by atomic mass is 10.4. The van der Waals surface area contributed by atoms with Crippen molar-refractivity contribution in [2.45, 2.75) is 20.4 Å². The molecular weight excluding hydrogens is 266 g/mol. The number of hydrogen-bond donors (Lipinski definition) is 1. The second-order valence-electron chi connectivity index (χ2n) is 4.01. The molecule has 100 valence electrons. The van der Waals surface area contributed by atoms with Gasteiger partial charge in [0.05, 0.1) is 12.0 Å². The second-order valence-corrected chi connectivity index (χ2v) is 4.76. The molecule has 7 nitrogen and oxygen atoms in total. The third kappa shape index (κ3) is 3.22. The van der Waals surface area contributed by atoms with Gasteiger partial charge in [-0.05, 0) is 25.4 Å². The normalized spacial score (nSPS) is 10.4. The Hall–Kier alpha value is -2.09. The van der Waals surface area contributed by atoms with E-state index in [0.29, 0.717) is 29.4 Å². The number of hydrogen-bond acceptors (Lipinski definition) is 6. The summed E-state index contributed by atoms with van der Waals surface area (Å²) in [4.78, 5) is 27.9. The Morgan fingerprint density at radius 2 is 2.26 bits per heavy atom. The number of aromatic nitrogens is 4. The molecule has 2 aromatic heterocycles. The van der Waals surface area contributed by atoms with Gasteiger partial charge in [-0.2, -0.15) is 0 Å². The van der Waals surface area contributed by atoms with Crippen LogP contribution in [-0.2, 0) is 6.54 Å².